The van der Waals surface area contributed by atoms with Gasteiger partial charge in [0, 0.05) is 14.9 Å². The Morgan fingerprint density at radius 1 is 0.865 bits per heavy atom. The van der Waals surface area contributed by atoms with Crippen molar-refractivity contribution in [2.45, 2.75) is 57.0 Å². The fraction of sp³-hybridized carbons (Fsp3) is 0.850. The summed E-state index contributed by atoms with van der Waals surface area (Å²) < 4.78 is 0.844. The largest absolute Gasteiger partial charge is 0.480 e. The second kappa shape index (κ2) is 30.5. The molecule has 0 aromatic carbocycles. The number of rotatable bonds is 5. The van der Waals surface area contributed by atoms with Crippen molar-refractivity contribution < 1.29 is 77.4 Å². The predicted octanol–water partition coefficient (Wildman–Crippen LogP) is -5.58. The number of aliphatic hydroxyl groups excluding tert-OH is 10. The summed E-state index contributed by atoms with van der Waals surface area (Å²) in [5.41, 5.74) is 9.54. The normalized spacial score (nSPS) is 24.1. The van der Waals surface area contributed by atoms with Crippen molar-refractivity contribution in [2.24, 2.45) is 11.5 Å². The Morgan fingerprint density at radius 2 is 1.11 bits per heavy atom. The minimum absolute atomic E-state index is 0. The molecule has 0 radical (unpaired) electrons. The van der Waals surface area contributed by atoms with Crippen LogP contribution in [0.4, 0.5) is 0 Å². The minimum atomic E-state index is -1.64. The molecule has 1 atom stereocenters. The van der Waals surface area contributed by atoms with Gasteiger partial charge < -0.3 is 72.1 Å². The van der Waals surface area contributed by atoms with Crippen LogP contribution >= 0.6 is 0 Å². The van der Waals surface area contributed by atoms with Crippen LogP contribution in [0.1, 0.15) is 15.8 Å². The van der Waals surface area contributed by atoms with E-state index in [1.165, 1.54) is 0 Å². The van der Waals surface area contributed by atoms with Crippen molar-refractivity contribution in [3.8, 4) is 12.0 Å². The van der Waals surface area contributed by atoms with Gasteiger partial charge in [0.2, 0.25) is 0 Å². The third kappa shape index (κ3) is 30.4. The van der Waals surface area contributed by atoms with Crippen molar-refractivity contribution in [3.05, 3.63) is 0 Å². The standard InChI is InChI=1S/C6H12O6.C5H14NO.C3H7NO3.C3H4O.C2H7NO.CH4.H2O2.H2/c7-1-2(8)4(10)6(12)5(11)3(1)9;1-6(2,3)4-5-7;4-2(1-5)3(6)7;1-2-3-4;3-1-2-4;;1-2;/h1-12H;7H,4-5H2,1-3H3;2,5H,1,4H2,(H,6,7);4H,1H3;4H,1-3H2;1H4;1-2H;1H/q;+1;;;;;;. The van der Waals surface area contributed by atoms with Crippen molar-refractivity contribution in [1.82, 2.24) is 0 Å². The van der Waals surface area contributed by atoms with E-state index in [1.54, 1.807) is 13.0 Å². The Morgan fingerprint density at radius 3 is 1.14 bits per heavy atom. The van der Waals surface area contributed by atoms with Crippen molar-refractivity contribution in [3.63, 3.8) is 0 Å². The lowest BCUT2D eigenvalue weighted by Crippen LogP contribution is -2.63. The zero-order valence-electron chi connectivity index (χ0n) is 20.9. The SMILES string of the molecule is C.CC#CO.C[N+](C)(C)CCO.NC(CO)C(=O)O.NCCO.OC1C(O)C(O)C(O)C(O)C1O.OO.[HH]. The van der Waals surface area contributed by atoms with E-state index in [-0.39, 0.29) is 22.1 Å². The second-order valence-corrected chi connectivity index (χ2v) is 7.68. The quantitative estimate of drug-likeness (QED) is 0.0646. The van der Waals surface area contributed by atoms with Crippen LogP contribution in [0, 0.1) is 12.0 Å². The molecule has 0 aromatic heterocycles. The van der Waals surface area contributed by atoms with Gasteiger partial charge in [-0.3, -0.25) is 15.3 Å². The molecule has 1 saturated carbocycles. The minimum Gasteiger partial charge on any atom is -0.480 e. The van der Waals surface area contributed by atoms with Crippen LogP contribution in [-0.2, 0) is 4.79 Å². The molecule has 0 bridgehead atoms. The number of carbonyl (C=O) groups is 1. The summed E-state index contributed by atoms with van der Waals surface area (Å²) in [6.07, 6.45) is -8.16. The number of nitrogens with zero attached hydrogens (tertiary/aromatic N) is 1. The molecule has 17 heteroatoms. The van der Waals surface area contributed by atoms with E-state index in [4.69, 9.17) is 78.2 Å². The van der Waals surface area contributed by atoms with Crippen LogP contribution in [0.25, 0.3) is 0 Å². The average molecular weight is 559 g/mol. The fourth-order valence-electron chi connectivity index (χ4n) is 1.59. The van der Waals surface area contributed by atoms with Crippen LogP contribution in [0.2, 0.25) is 0 Å². The number of likely N-dealkylation sites (N-methyl/N-ethyl adjacent to an activating group) is 1. The molecule has 0 saturated heterocycles. The van der Waals surface area contributed by atoms with Crippen LogP contribution in [0.3, 0.4) is 0 Å². The predicted molar refractivity (Wildman–Crippen MR) is 134 cm³/mol. The van der Waals surface area contributed by atoms with Crippen molar-refractivity contribution >= 4 is 5.97 Å². The highest BCUT2D eigenvalue weighted by Gasteiger charge is 2.47. The van der Waals surface area contributed by atoms with E-state index < -0.39 is 55.2 Å². The van der Waals surface area contributed by atoms with Gasteiger partial charge in [-0.15, -0.1) is 0 Å². The smallest absolute Gasteiger partial charge is 0.322 e. The van der Waals surface area contributed by atoms with Gasteiger partial charge in [0.15, 0.2) is 0 Å². The van der Waals surface area contributed by atoms with Crippen LogP contribution in [0.15, 0.2) is 0 Å². The molecule has 17 N–H and O–H groups in total. The fourth-order valence-corrected chi connectivity index (χ4v) is 1.59. The van der Waals surface area contributed by atoms with E-state index in [0.717, 1.165) is 11.0 Å². The van der Waals surface area contributed by atoms with E-state index in [0.29, 0.717) is 6.54 Å². The highest BCUT2D eigenvalue weighted by Crippen LogP contribution is 2.20. The maximum Gasteiger partial charge on any atom is 0.322 e. The first kappa shape index (κ1) is 48.3. The monoisotopic (exact) mass is 558 g/mol. The number of aliphatic carboxylic acids is 1. The summed E-state index contributed by atoms with van der Waals surface area (Å²) in [5.74, 6) is 1.06. The maximum absolute atomic E-state index is 9.65. The number of hydrogen-bond acceptors (Lipinski definition) is 15. The summed E-state index contributed by atoms with van der Waals surface area (Å²) in [6, 6.07) is -1.13. The van der Waals surface area contributed by atoms with Crippen molar-refractivity contribution in [2.75, 3.05) is 54.1 Å². The van der Waals surface area contributed by atoms with E-state index in [9.17, 15) is 4.79 Å². The summed E-state index contributed by atoms with van der Waals surface area (Å²) >= 11 is 0. The summed E-state index contributed by atoms with van der Waals surface area (Å²) in [5, 5.41) is 105. The van der Waals surface area contributed by atoms with Gasteiger partial charge in [-0.2, -0.15) is 0 Å². The Balaban J connectivity index is -0.0000000653. The van der Waals surface area contributed by atoms with Crippen LogP contribution in [-0.4, -0.2) is 174 Å². The van der Waals surface area contributed by atoms with Gasteiger partial charge in [0.25, 0.3) is 0 Å². The Bertz CT molecular complexity index is 483. The molecular formula is C20H52N3O14+. The Kier molecular flexibility index (Phi) is 39.8. The molecule has 1 unspecified atom stereocenters. The number of carboxylic acids is 1. The van der Waals surface area contributed by atoms with E-state index in [2.05, 4.69) is 27.1 Å². The third-order valence-electron chi connectivity index (χ3n) is 3.63. The van der Waals surface area contributed by atoms with Gasteiger partial charge in [-0.1, -0.05) is 13.3 Å². The first-order chi connectivity index (χ1) is 16.5. The number of quaternary nitrogens is 1. The number of nitrogens with two attached hydrogens (primary N) is 2. The molecule has 0 amide bonds. The molecule has 1 fully saturated rings. The molecule has 0 aromatic rings. The topological polar surface area (TPSA) is 332 Å². The Labute approximate surface area is 218 Å². The maximum atomic E-state index is 9.65. The van der Waals surface area contributed by atoms with Crippen molar-refractivity contribution in [1.29, 1.82) is 0 Å². The molecule has 1 rings (SSSR count). The number of carboxylic acid groups (broad SMARTS) is 1. The highest BCUT2D eigenvalue weighted by atomic mass is 17.0. The molecule has 37 heavy (non-hydrogen) atoms. The summed E-state index contributed by atoms with van der Waals surface area (Å²) in [7, 11) is 6.16. The molecule has 0 spiro atoms. The molecular weight excluding hydrogens is 506 g/mol. The van der Waals surface area contributed by atoms with Crippen LogP contribution < -0.4 is 11.5 Å². The number of aliphatic hydroxyl groups is 10. The van der Waals surface area contributed by atoms with Gasteiger partial charge >= 0.3 is 5.97 Å². The average Bonchev–Trinajstić information content (AvgIpc) is 2.86. The highest BCUT2D eigenvalue weighted by molar-refractivity contribution is 5.73. The molecule has 1 aliphatic rings. The van der Waals surface area contributed by atoms with Gasteiger partial charge in [0.1, 0.15) is 55.3 Å². The lowest BCUT2D eigenvalue weighted by molar-refractivity contribution is -0.870. The van der Waals surface area contributed by atoms with Crippen LogP contribution in [0.5, 0.6) is 0 Å². The molecule has 1 aliphatic carbocycles. The summed E-state index contributed by atoms with van der Waals surface area (Å²) in [6.45, 7) is 2.65. The molecule has 17 nitrogen and oxygen atoms in total. The zero-order chi connectivity index (χ0) is 30.1. The molecule has 0 heterocycles. The van der Waals surface area contributed by atoms with Gasteiger partial charge in [0.05, 0.1) is 41.0 Å². The second-order valence-electron chi connectivity index (χ2n) is 7.68. The van der Waals surface area contributed by atoms with E-state index in [1.807, 2.05) is 0 Å². The first-order valence-electron chi connectivity index (χ1n) is 10.2. The van der Waals surface area contributed by atoms with E-state index >= 15 is 0 Å². The van der Waals surface area contributed by atoms with Gasteiger partial charge in [-0.05, 0) is 0 Å². The van der Waals surface area contributed by atoms with Gasteiger partial charge in [-0.25, -0.2) is 0 Å². The third-order valence-corrected chi connectivity index (χ3v) is 3.63. The first-order valence-corrected chi connectivity index (χ1v) is 10.2. The lowest BCUT2D eigenvalue weighted by atomic mass is 9.85. The Hall–Kier alpha value is -1.73. The number of hydrogen-bond donors (Lipinski definition) is 15. The summed E-state index contributed by atoms with van der Waals surface area (Å²) in [4.78, 5) is 9.65. The molecule has 0 aliphatic heterocycles. The lowest BCUT2D eigenvalue weighted by Gasteiger charge is -2.39. The molecule has 230 valence electrons. The zero-order valence-corrected chi connectivity index (χ0v) is 20.9.